The zero-order valence-corrected chi connectivity index (χ0v) is 16.2. The third kappa shape index (κ3) is 6.32. The van der Waals surface area contributed by atoms with E-state index < -0.39 is 0 Å². The van der Waals surface area contributed by atoms with Crippen LogP contribution in [0.15, 0.2) is 22.7 Å². The van der Waals surface area contributed by atoms with E-state index in [0.717, 1.165) is 37.1 Å². The van der Waals surface area contributed by atoms with Crippen molar-refractivity contribution in [2.24, 2.45) is 0 Å². The predicted octanol–water partition coefficient (Wildman–Crippen LogP) is 4.96. The minimum atomic E-state index is -0.173. The first kappa shape index (κ1) is 22.1. The average Bonchev–Trinajstić information content (AvgIpc) is 2.46. The highest BCUT2D eigenvalue weighted by Crippen LogP contribution is 2.32. The Morgan fingerprint density at radius 3 is 2.50 bits per heavy atom. The number of rotatable bonds is 6. The molecule has 0 aliphatic carbocycles. The van der Waals surface area contributed by atoms with Gasteiger partial charge in [-0.3, -0.25) is 4.90 Å². The largest absolute Gasteiger partial charge is 0.314 e. The van der Waals surface area contributed by atoms with E-state index in [-0.39, 0.29) is 30.6 Å². The highest BCUT2D eigenvalue weighted by atomic mass is 79.9. The molecule has 0 spiro atoms. The molecule has 6 heteroatoms. The number of nitrogens with one attached hydrogen (secondary N) is 1. The highest BCUT2D eigenvalue weighted by molar-refractivity contribution is 9.10. The summed E-state index contributed by atoms with van der Waals surface area (Å²) in [6.45, 7) is 6.46. The van der Waals surface area contributed by atoms with Gasteiger partial charge >= 0.3 is 0 Å². The summed E-state index contributed by atoms with van der Waals surface area (Å²) in [6, 6.07) is 5.51. The van der Waals surface area contributed by atoms with Crippen molar-refractivity contribution < 1.29 is 4.39 Å². The second kappa shape index (κ2) is 11.6. The molecule has 0 aromatic heterocycles. The van der Waals surface area contributed by atoms with Gasteiger partial charge in [-0.2, -0.15) is 0 Å². The van der Waals surface area contributed by atoms with Crippen molar-refractivity contribution in [1.29, 1.82) is 0 Å². The maximum absolute atomic E-state index is 13.3. The van der Waals surface area contributed by atoms with Crippen molar-refractivity contribution in [2.45, 2.75) is 38.6 Å². The van der Waals surface area contributed by atoms with E-state index in [2.05, 4.69) is 33.1 Å². The number of unbranched alkanes of at least 4 members (excludes halogenated alkanes) is 2. The molecule has 1 aliphatic heterocycles. The van der Waals surface area contributed by atoms with E-state index in [1.165, 1.54) is 24.8 Å². The lowest BCUT2D eigenvalue weighted by molar-refractivity contribution is 0.162. The fourth-order valence-electron chi connectivity index (χ4n) is 2.89. The van der Waals surface area contributed by atoms with Gasteiger partial charge in [0, 0.05) is 36.7 Å². The zero-order valence-electron chi connectivity index (χ0n) is 13.0. The van der Waals surface area contributed by atoms with Gasteiger partial charge < -0.3 is 5.32 Å². The Balaban J connectivity index is 0.00000220. The molecule has 2 nitrogen and oxygen atoms in total. The first-order valence-corrected chi connectivity index (χ1v) is 8.41. The normalized spacial score (nSPS) is 16.5. The molecule has 1 N–H and O–H groups in total. The number of benzene rings is 1. The van der Waals surface area contributed by atoms with Crippen molar-refractivity contribution in [3.63, 3.8) is 0 Å². The summed E-state index contributed by atoms with van der Waals surface area (Å²) in [6.07, 6.45) is 4.88. The fourth-order valence-corrected chi connectivity index (χ4v) is 3.50. The molecule has 1 aromatic rings. The van der Waals surface area contributed by atoms with Crippen LogP contribution in [0.2, 0.25) is 0 Å². The molecule has 22 heavy (non-hydrogen) atoms. The summed E-state index contributed by atoms with van der Waals surface area (Å²) in [5, 5.41) is 3.40. The van der Waals surface area contributed by atoms with Crippen LogP contribution < -0.4 is 5.32 Å². The second-order valence-electron chi connectivity index (χ2n) is 5.46. The summed E-state index contributed by atoms with van der Waals surface area (Å²) >= 11 is 3.54. The van der Waals surface area contributed by atoms with E-state index in [0.29, 0.717) is 6.04 Å². The van der Waals surface area contributed by atoms with Crippen LogP contribution in [0.5, 0.6) is 0 Å². The Morgan fingerprint density at radius 2 is 1.91 bits per heavy atom. The van der Waals surface area contributed by atoms with Crippen molar-refractivity contribution in [1.82, 2.24) is 10.2 Å². The number of halogens is 4. The molecule has 1 saturated heterocycles. The van der Waals surface area contributed by atoms with Gasteiger partial charge in [0.1, 0.15) is 5.82 Å². The van der Waals surface area contributed by atoms with E-state index in [1.807, 2.05) is 6.07 Å². The molecule has 1 fully saturated rings. The lowest BCUT2D eigenvalue weighted by Crippen LogP contribution is -2.45. The van der Waals surface area contributed by atoms with E-state index >= 15 is 0 Å². The molecule has 0 unspecified atom stereocenters. The lowest BCUT2D eigenvalue weighted by atomic mass is 9.98. The maximum Gasteiger partial charge on any atom is 0.124 e. The lowest BCUT2D eigenvalue weighted by Gasteiger charge is -2.36. The molecule has 0 amide bonds. The SMILES string of the molecule is CCCCC[C@H](c1ccc(F)cc1Br)N1CCNCC1.Cl.Cl. The van der Waals surface area contributed by atoms with Gasteiger partial charge in [0.2, 0.25) is 0 Å². The van der Waals surface area contributed by atoms with Crippen LogP contribution in [-0.4, -0.2) is 31.1 Å². The van der Waals surface area contributed by atoms with Gasteiger partial charge in [-0.05, 0) is 24.1 Å². The van der Waals surface area contributed by atoms with Gasteiger partial charge in [-0.25, -0.2) is 4.39 Å². The molecule has 1 aromatic carbocycles. The Morgan fingerprint density at radius 1 is 1.23 bits per heavy atom. The van der Waals surface area contributed by atoms with Gasteiger partial charge in [-0.15, -0.1) is 24.8 Å². The summed E-state index contributed by atoms with van der Waals surface area (Å²) in [7, 11) is 0. The number of hydrogen-bond donors (Lipinski definition) is 1. The van der Waals surface area contributed by atoms with Crippen molar-refractivity contribution >= 4 is 40.7 Å². The molecule has 1 aliphatic rings. The number of piperazine rings is 1. The standard InChI is InChI=1S/C16H24BrFN2.2ClH/c1-2-3-4-5-16(20-10-8-19-9-11-20)14-7-6-13(18)12-15(14)17;;/h6-7,12,16,19H,2-5,8-11H2,1H3;2*1H/t16-;;/m1../s1. The molecular formula is C16H26BrCl2FN2. The Hall–Kier alpha value is 0.130. The minimum Gasteiger partial charge on any atom is -0.314 e. The quantitative estimate of drug-likeness (QED) is 0.660. The van der Waals surface area contributed by atoms with Gasteiger partial charge in [-0.1, -0.05) is 48.2 Å². The first-order chi connectivity index (χ1) is 9.72. The molecule has 1 atom stereocenters. The monoisotopic (exact) mass is 414 g/mol. The number of hydrogen-bond acceptors (Lipinski definition) is 2. The van der Waals surface area contributed by atoms with Crippen molar-refractivity contribution in [3.05, 3.63) is 34.1 Å². The second-order valence-corrected chi connectivity index (χ2v) is 6.32. The van der Waals surface area contributed by atoms with Crippen LogP contribution >= 0.6 is 40.7 Å². The van der Waals surface area contributed by atoms with Gasteiger partial charge in [0.05, 0.1) is 0 Å². The van der Waals surface area contributed by atoms with Crippen LogP contribution in [0.3, 0.4) is 0 Å². The molecule has 128 valence electrons. The van der Waals surface area contributed by atoms with Gasteiger partial charge in [0.25, 0.3) is 0 Å². The third-order valence-corrected chi connectivity index (χ3v) is 4.68. The maximum atomic E-state index is 13.3. The molecule has 0 radical (unpaired) electrons. The molecular weight excluding hydrogens is 390 g/mol. The summed E-state index contributed by atoms with van der Waals surface area (Å²) < 4.78 is 14.2. The predicted molar refractivity (Wildman–Crippen MR) is 99.9 cm³/mol. The van der Waals surface area contributed by atoms with Gasteiger partial charge in [0.15, 0.2) is 0 Å². The van der Waals surface area contributed by atoms with Crippen molar-refractivity contribution in [3.8, 4) is 0 Å². The fraction of sp³-hybridized carbons (Fsp3) is 0.625. The Bertz CT molecular complexity index is 429. The molecule has 0 saturated carbocycles. The van der Waals surface area contributed by atoms with Crippen LogP contribution in [-0.2, 0) is 0 Å². The molecule has 1 heterocycles. The molecule has 2 rings (SSSR count). The zero-order chi connectivity index (χ0) is 14.4. The van der Waals surface area contributed by atoms with Crippen molar-refractivity contribution in [2.75, 3.05) is 26.2 Å². The highest BCUT2D eigenvalue weighted by Gasteiger charge is 2.23. The van der Waals surface area contributed by atoms with Crippen LogP contribution in [0, 0.1) is 5.82 Å². The topological polar surface area (TPSA) is 15.3 Å². The smallest absolute Gasteiger partial charge is 0.124 e. The molecule has 0 bridgehead atoms. The third-order valence-electron chi connectivity index (χ3n) is 3.99. The summed E-state index contributed by atoms with van der Waals surface area (Å²) in [4.78, 5) is 2.53. The van der Waals surface area contributed by atoms with E-state index in [4.69, 9.17) is 0 Å². The van der Waals surface area contributed by atoms with Crippen LogP contribution in [0.1, 0.15) is 44.2 Å². The number of nitrogens with zero attached hydrogens (tertiary/aromatic N) is 1. The Kier molecular flexibility index (Phi) is 11.7. The van der Waals surface area contributed by atoms with E-state index in [1.54, 1.807) is 12.1 Å². The van der Waals surface area contributed by atoms with Crippen LogP contribution in [0.4, 0.5) is 4.39 Å². The summed E-state index contributed by atoms with van der Waals surface area (Å²) in [5.41, 5.74) is 1.23. The first-order valence-electron chi connectivity index (χ1n) is 7.62. The van der Waals surface area contributed by atoms with Crippen LogP contribution in [0.25, 0.3) is 0 Å². The average molecular weight is 416 g/mol. The Labute approximate surface area is 154 Å². The van der Waals surface area contributed by atoms with E-state index in [9.17, 15) is 4.39 Å². The summed E-state index contributed by atoms with van der Waals surface area (Å²) in [5.74, 6) is -0.173. The minimum absolute atomic E-state index is 0.